The number of aromatic nitrogens is 3. The van der Waals surface area contributed by atoms with Crippen molar-refractivity contribution in [1.82, 2.24) is 19.9 Å². The number of ether oxygens (including phenoxy) is 1. The van der Waals surface area contributed by atoms with Gasteiger partial charge in [0.2, 0.25) is 0 Å². The minimum atomic E-state index is 0.325. The number of hydrogen-bond donors (Lipinski definition) is 0. The fourth-order valence-electron chi connectivity index (χ4n) is 2.92. The van der Waals surface area contributed by atoms with Crippen LogP contribution in [0.3, 0.4) is 0 Å². The van der Waals surface area contributed by atoms with Crippen molar-refractivity contribution < 1.29 is 9.15 Å². The van der Waals surface area contributed by atoms with E-state index in [1.807, 2.05) is 10.7 Å². The molecule has 1 aliphatic heterocycles. The minimum Gasteiger partial charge on any atom is -0.472 e. The Balaban J connectivity index is 1.81. The van der Waals surface area contributed by atoms with Gasteiger partial charge in [-0.2, -0.15) is 0 Å². The molecule has 0 N–H and O–H groups in total. The molecule has 0 bridgehead atoms. The van der Waals surface area contributed by atoms with Crippen molar-refractivity contribution in [3.05, 3.63) is 35.5 Å². The third-order valence-corrected chi connectivity index (χ3v) is 3.74. The monoisotopic (exact) mass is 276 g/mol. The molecule has 0 saturated heterocycles. The van der Waals surface area contributed by atoms with E-state index in [0.717, 1.165) is 31.9 Å². The van der Waals surface area contributed by atoms with Gasteiger partial charge in [0.25, 0.3) is 0 Å². The molecule has 2 aromatic heterocycles. The Labute approximate surface area is 118 Å². The van der Waals surface area contributed by atoms with Crippen LogP contribution in [0.2, 0.25) is 0 Å². The largest absolute Gasteiger partial charge is 0.472 e. The second-order valence-corrected chi connectivity index (χ2v) is 5.19. The number of rotatable bonds is 5. The summed E-state index contributed by atoms with van der Waals surface area (Å²) in [5, 5.41) is 8.58. The highest BCUT2D eigenvalue weighted by molar-refractivity contribution is 5.20. The van der Waals surface area contributed by atoms with Gasteiger partial charge >= 0.3 is 0 Å². The maximum Gasteiger partial charge on any atom is 0.100 e. The topological polar surface area (TPSA) is 56.3 Å². The quantitative estimate of drug-likeness (QED) is 0.831. The molecule has 1 aliphatic rings. The second kappa shape index (κ2) is 5.76. The lowest BCUT2D eigenvalue weighted by Crippen LogP contribution is -2.35. The fraction of sp³-hybridized carbons (Fsp3) is 0.571. The maximum atomic E-state index is 5.38. The van der Waals surface area contributed by atoms with Gasteiger partial charge in [-0.3, -0.25) is 4.90 Å². The molecule has 0 aliphatic carbocycles. The first-order chi connectivity index (χ1) is 9.81. The lowest BCUT2D eigenvalue weighted by atomic mass is 9.98. The van der Waals surface area contributed by atoms with Crippen LogP contribution in [0.1, 0.15) is 29.8 Å². The summed E-state index contributed by atoms with van der Waals surface area (Å²) in [5.41, 5.74) is 3.49. The highest BCUT2D eigenvalue weighted by Crippen LogP contribution is 2.28. The lowest BCUT2D eigenvalue weighted by Gasteiger charge is -2.31. The zero-order chi connectivity index (χ0) is 13.9. The van der Waals surface area contributed by atoms with Crippen molar-refractivity contribution in [3.63, 3.8) is 0 Å². The van der Waals surface area contributed by atoms with Crippen LogP contribution >= 0.6 is 0 Å². The molecule has 6 heteroatoms. The third-order valence-electron chi connectivity index (χ3n) is 3.74. The molecule has 0 fully saturated rings. The van der Waals surface area contributed by atoms with Crippen LogP contribution in [0, 0.1) is 0 Å². The van der Waals surface area contributed by atoms with E-state index >= 15 is 0 Å². The number of nitrogens with zero attached hydrogens (tertiary/aromatic N) is 4. The third kappa shape index (κ3) is 2.48. The average molecular weight is 276 g/mol. The molecule has 108 valence electrons. The van der Waals surface area contributed by atoms with Gasteiger partial charge in [0.15, 0.2) is 0 Å². The Hall–Kier alpha value is -1.66. The molecule has 2 aromatic rings. The van der Waals surface area contributed by atoms with Gasteiger partial charge in [0.1, 0.15) is 5.69 Å². The second-order valence-electron chi connectivity index (χ2n) is 5.19. The molecule has 6 nitrogen and oxygen atoms in total. The Morgan fingerprint density at radius 3 is 3.10 bits per heavy atom. The number of fused-ring (bicyclic) bond motifs is 1. The summed E-state index contributed by atoms with van der Waals surface area (Å²) in [7, 11) is 1.74. The number of furan rings is 1. The van der Waals surface area contributed by atoms with Crippen molar-refractivity contribution in [2.45, 2.75) is 32.5 Å². The van der Waals surface area contributed by atoms with Crippen molar-refractivity contribution in [1.29, 1.82) is 0 Å². The standard InChI is InChI=1S/C14H20N4O2/c1-3-18-14-12(10-19-2)7-17(8-13(14)15-16-18)6-11-4-5-20-9-11/h4-5,9,12H,3,6-8,10H2,1-2H3. The molecule has 0 radical (unpaired) electrons. The Morgan fingerprint density at radius 1 is 1.50 bits per heavy atom. The van der Waals surface area contributed by atoms with Crippen LogP contribution in [0.4, 0.5) is 0 Å². The lowest BCUT2D eigenvalue weighted by molar-refractivity contribution is 0.131. The number of methoxy groups -OCH3 is 1. The van der Waals surface area contributed by atoms with E-state index in [-0.39, 0.29) is 0 Å². The Kier molecular flexibility index (Phi) is 3.84. The fourth-order valence-corrected chi connectivity index (χ4v) is 2.92. The van der Waals surface area contributed by atoms with Crippen molar-refractivity contribution in [2.24, 2.45) is 0 Å². The molecular formula is C14H20N4O2. The summed E-state index contributed by atoms with van der Waals surface area (Å²) in [6.45, 7) is 6.30. The Bertz CT molecular complexity index is 550. The number of hydrogen-bond acceptors (Lipinski definition) is 5. The molecule has 0 spiro atoms. The van der Waals surface area contributed by atoms with Crippen LogP contribution < -0.4 is 0 Å². The van der Waals surface area contributed by atoms with Gasteiger partial charge in [0, 0.05) is 44.8 Å². The van der Waals surface area contributed by atoms with E-state index in [1.165, 1.54) is 11.3 Å². The molecule has 0 aromatic carbocycles. The van der Waals surface area contributed by atoms with Gasteiger partial charge in [-0.25, -0.2) is 4.68 Å². The first kappa shape index (κ1) is 13.3. The van der Waals surface area contributed by atoms with E-state index in [1.54, 1.807) is 19.6 Å². The van der Waals surface area contributed by atoms with E-state index in [4.69, 9.17) is 9.15 Å². The number of aryl methyl sites for hydroxylation is 1. The summed E-state index contributed by atoms with van der Waals surface area (Å²) >= 11 is 0. The van der Waals surface area contributed by atoms with Gasteiger partial charge in [-0.1, -0.05) is 5.21 Å². The summed E-state index contributed by atoms with van der Waals surface area (Å²) in [5.74, 6) is 0.325. The predicted octanol–water partition coefficient (Wildman–Crippen LogP) is 1.64. The van der Waals surface area contributed by atoms with Gasteiger partial charge in [0.05, 0.1) is 24.8 Å². The first-order valence-electron chi connectivity index (χ1n) is 6.96. The van der Waals surface area contributed by atoms with E-state index < -0.39 is 0 Å². The predicted molar refractivity (Wildman–Crippen MR) is 73.1 cm³/mol. The summed E-state index contributed by atoms with van der Waals surface area (Å²) in [6, 6.07) is 2.00. The summed E-state index contributed by atoms with van der Waals surface area (Å²) in [6.07, 6.45) is 3.51. The van der Waals surface area contributed by atoms with E-state index in [9.17, 15) is 0 Å². The van der Waals surface area contributed by atoms with Crippen LogP contribution in [0.15, 0.2) is 23.0 Å². The maximum absolute atomic E-state index is 5.38. The Morgan fingerprint density at radius 2 is 2.40 bits per heavy atom. The molecule has 1 unspecified atom stereocenters. The van der Waals surface area contributed by atoms with Crippen LogP contribution in [-0.2, 0) is 24.4 Å². The first-order valence-corrected chi connectivity index (χ1v) is 6.96. The molecule has 20 heavy (non-hydrogen) atoms. The van der Waals surface area contributed by atoms with E-state index in [2.05, 4.69) is 22.1 Å². The highest BCUT2D eigenvalue weighted by Gasteiger charge is 2.30. The summed E-state index contributed by atoms with van der Waals surface area (Å²) in [4.78, 5) is 2.37. The molecule has 0 saturated carbocycles. The molecule has 3 rings (SSSR count). The van der Waals surface area contributed by atoms with Crippen molar-refractivity contribution in [2.75, 3.05) is 20.3 Å². The van der Waals surface area contributed by atoms with Crippen LogP contribution in [0.5, 0.6) is 0 Å². The van der Waals surface area contributed by atoms with Crippen LogP contribution in [-0.4, -0.2) is 40.2 Å². The minimum absolute atomic E-state index is 0.325. The zero-order valence-electron chi connectivity index (χ0n) is 12.0. The molecule has 1 atom stereocenters. The molecule has 3 heterocycles. The average Bonchev–Trinajstić information content (AvgIpc) is 3.08. The van der Waals surface area contributed by atoms with E-state index in [0.29, 0.717) is 12.5 Å². The van der Waals surface area contributed by atoms with Crippen molar-refractivity contribution >= 4 is 0 Å². The SMILES string of the molecule is CCn1nnc2c1C(COC)CN(Cc1ccoc1)C2. The van der Waals surface area contributed by atoms with Crippen LogP contribution in [0.25, 0.3) is 0 Å². The zero-order valence-corrected chi connectivity index (χ0v) is 12.0. The summed E-state index contributed by atoms with van der Waals surface area (Å²) < 4.78 is 12.5. The van der Waals surface area contributed by atoms with Gasteiger partial charge < -0.3 is 9.15 Å². The molecule has 0 amide bonds. The highest BCUT2D eigenvalue weighted by atomic mass is 16.5. The van der Waals surface area contributed by atoms with Gasteiger partial charge in [-0.05, 0) is 13.0 Å². The van der Waals surface area contributed by atoms with Crippen molar-refractivity contribution in [3.8, 4) is 0 Å². The molecular weight excluding hydrogens is 256 g/mol. The normalized spacial score (nSPS) is 19.2. The van der Waals surface area contributed by atoms with Gasteiger partial charge in [-0.15, -0.1) is 5.10 Å². The smallest absolute Gasteiger partial charge is 0.100 e.